The molecule has 2 fully saturated rings. The molecule has 2 aliphatic rings. The number of fused-ring (bicyclic) bond motifs is 4. The van der Waals surface area contributed by atoms with Crippen LogP contribution in [0.4, 0.5) is 0 Å². The Labute approximate surface area is 230 Å². The van der Waals surface area contributed by atoms with Crippen LogP contribution in [-0.2, 0) is 20.0 Å². The highest BCUT2D eigenvalue weighted by Gasteiger charge is 2.49. The molecule has 2 aromatic heterocycles. The van der Waals surface area contributed by atoms with Crippen LogP contribution in [0, 0.1) is 10.8 Å². The van der Waals surface area contributed by atoms with E-state index >= 15 is 0 Å². The van der Waals surface area contributed by atoms with Crippen molar-refractivity contribution in [3.8, 4) is 17.1 Å². The first-order chi connectivity index (χ1) is 18.4. The maximum Gasteiger partial charge on any atom is 0.203 e. The molecule has 206 valence electrons. The van der Waals surface area contributed by atoms with Gasteiger partial charge in [0.25, 0.3) is 0 Å². The molecule has 39 heavy (non-hydrogen) atoms. The highest BCUT2D eigenvalue weighted by molar-refractivity contribution is 5.89. The van der Waals surface area contributed by atoms with E-state index in [1.807, 2.05) is 62.7 Å². The Kier molecular flexibility index (Phi) is 6.00. The third-order valence-electron chi connectivity index (χ3n) is 9.16. The van der Waals surface area contributed by atoms with Crippen LogP contribution in [0.2, 0.25) is 0 Å². The highest BCUT2D eigenvalue weighted by atomic mass is 16.3. The van der Waals surface area contributed by atoms with Crippen molar-refractivity contribution in [2.24, 2.45) is 17.9 Å². The standard InChI is InChI=1S/C33H41N3O3/c1-8-20-13-22-28(38)26(31-34-24-11-9-10-12-25(24)35(31)7)29(19(2)3)39-30(22)23(27(20)37)16-36-18-33(6)15-21(36)14-32(4,5)17-33/h9-13,19,21,37H,8,14-18H2,1-7H3/t21-,33+/m1/s1. The zero-order valence-electron chi connectivity index (χ0n) is 24.4. The average molecular weight is 528 g/mol. The van der Waals surface area contributed by atoms with Crippen molar-refractivity contribution >= 4 is 22.0 Å². The van der Waals surface area contributed by atoms with Gasteiger partial charge < -0.3 is 14.1 Å². The van der Waals surface area contributed by atoms with Gasteiger partial charge in [0.1, 0.15) is 28.5 Å². The van der Waals surface area contributed by atoms with E-state index in [0.717, 1.165) is 35.1 Å². The fourth-order valence-corrected chi connectivity index (χ4v) is 7.83. The molecule has 2 atom stereocenters. The minimum atomic E-state index is -0.0810. The molecule has 6 heteroatoms. The van der Waals surface area contributed by atoms with Gasteiger partial charge in [0, 0.05) is 32.1 Å². The van der Waals surface area contributed by atoms with E-state index in [9.17, 15) is 9.90 Å². The molecule has 0 amide bonds. The molecule has 1 aliphatic carbocycles. The number of benzene rings is 2. The summed E-state index contributed by atoms with van der Waals surface area (Å²) in [5.41, 5.74) is 4.88. The van der Waals surface area contributed by atoms with Crippen molar-refractivity contribution in [3.05, 3.63) is 57.4 Å². The molecule has 0 spiro atoms. The number of hydrogen-bond donors (Lipinski definition) is 1. The third-order valence-corrected chi connectivity index (χ3v) is 9.16. The van der Waals surface area contributed by atoms with Gasteiger partial charge in [0.15, 0.2) is 0 Å². The van der Waals surface area contributed by atoms with Crippen molar-refractivity contribution in [2.45, 2.75) is 85.7 Å². The first-order valence-corrected chi connectivity index (χ1v) is 14.4. The van der Waals surface area contributed by atoms with Gasteiger partial charge >= 0.3 is 0 Å². The summed E-state index contributed by atoms with van der Waals surface area (Å²) in [6, 6.07) is 10.2. The lowest BCUT2D eigenvalue weighted by Gasteiger charge is -2.40. The quantitative estimate of drug-likeness (QED) is 0.299. The van der Waals surface area contributed by atoms with E-state index in [-0.39, 0.29) is 22.5 Å². The first kappa shape index (κ1) is 26.1. The molecule has 3 heterocycles. The van der Waals surface area contributed by atoms with Gasteiger partial charge in [0.05, 0.1) is 22.0 Å². The predicted octanol–water partition coefficient (Wildman–Crippen LogP) is 7.14. The van der Waals surface area contributed by atoms with Gasteiger partial charge in [-0.1, -0.05) is 53.7 Å². The fraction of sp³-hybridized carbons (Fsp3) is 0.515. The molecular weight excluding hydrogens is 486 g/mol. The Bertz CT molecular complexity index is 1660. The molecule has 1 saturated carbocycles. The number of aromatic hydroxyl groups is 1. The van der Waals surface area contributed by atoms with Crippen molar-refractivity contribution < 1.29 is 9.52 Å². The number of hydrogen-bond acceptors (Lipinski definition) is 5. The zero-order chi connectivity index (χ0) is 27.9. The Morgan fingerprint density at radius 2 is 1.92 bits per heavy atom. The molecule has 0 unspecified atom stereocenters. The predicted molar refractivity (Wildman–Crippen MR) is 157 cm³/mol. The van der Waals surface area contributed by atoms with Crippen molar-refractivity contribution in [2.75, 3.05) is 6.54 Å². The van der Waals surface area contributed by atoms with Crippen molar-refractivity contribution in [1.82, 2.24) is 14.5 Å². The number of aromatic nitrogens is 2. The van der Waals surface area contributed by atoms with Crippen LogP contribution in [0.25, 0.3) is 33.4 Å². The number of aryl methyl sites for hydroxylation is 2. The second-order valence-corrected chi connectivity index (χ2v) is 13.5. The molecule has 0 radical (unpaired) electrons. The van der Waals surface area contributed by atoms with Gasteiger partial charge in [-0.25, -0.2) is 4.98 Å². The van der Waals surface area contributed by atoms with Crippen LogP contribution in [0.3, 0.4) is 0 Å². The van der Waals surface area contributed by atoms with Crippen LogP contribution in [0.15, 0.2) is 39.5 Å². The lowest BCUT2D eigenvalue weighted by Crippen LogP contribution is -2.34. The van der Waals surface area contributed by atoms with E-state index in [0.29, 0.717) is 52.5 Å². The molecular formula is C33H41N3O3. The maximum absolute atomic E-state index is 14.4. The minimum absolute atomic E-state index is 0.0385. The third kappa shape index (κ3) is 4.19. The summed E-state index contributed by atoms with van der Waals surface area (Å²) < 4.78 is 8.68. The second-order valence-electron chi connectivity index (χ2n) is 13.5. The molecule has 6 rings (SSSR count). The number of phenolic OH excluding ortho intramolecular Hbond substituents is 1. The largest absolute Gasteiger partial charge is 0.507 e. The monoisotopic (exact) mass is 527 g/mol. The van der Waals surface area contributed by atoms with Gasteiger partial charge in [-0.15, -0.1) is 0 Å². The van der Waals surface area contributed by atoms with Crippen molar-refractivity contribution in [3.63, 3.8) is 0 Å². The van der Waals surface area contributed by atoms with E-state index in [4.69, 9.17) is 9.40 Å². The molecule has 1 N–H and O–H groups in total. The van der Waals surface area contributed by atoms with Crippen LogP contribution in [0.5, 0.6) is 5.75 Å². The lowest BCUT2D eigenvalue weighted by molar-refractivity contribution is 0.126. The summed E-state index contributed by atoms with van der Waals surface area (Å²) in [4.78, 5) is 21.7. The Balaban J connectivity index is 1.56. The van der Waals surface area contributed by atoms with Crippen LogP contribution >= 0.6 is 0 Å². The topological polar surface area (TPSA) is 71.5 Å². The van der Waals surface area contributed by atoms with Gasteiger partial charge in [-0.2, -0.15) is 0 Å². The fourth-order valence-electron chi connectivity index (χ4n) is 7.83. The smallest absolute Gasteiger partial charge is 0.203 e. The van der Waals surface area contributed by atoms with Crippen LogP contribution < -0.4 is 5.43 Å². The maximum atomic E-state index is 14.4. The lowest BCUT2D eigenvalue weighted by atomic mass is 9.65. The SMILES string of the molecule is CCc1cc2c(=O)c(-c3nc4ccccc4n3C)c(C(C)C)oc2c(CN2C[C@@]3(C)C[C@H]2CC(C)(C)C3)c1O. The zero-order valence-corrected chi connectivity index (χ0v) is 24.4. The summed E-state index contributed by atoms with van der Waals surface area (Å²) in [5.74, 6) is 1.46. The Hall–Kier alpha value is -3.12. The second kappa shape index (κ2) is 8.95. The number of rotatable bonds is 5. The minimum Gasteiger partial charge on any atom is -0.507 e. The van der Waals surface area contributed by atoms with Crippen LogP contribution in [-0.4, -0.2) is 32.1 Å². The number of likely N-dealkylation sites (tertiary alicyclic amines) is 1. The average Bonchev–Trinajstić information content (AvgIpc) is 3.31. The van der Waals surface area contributed by atoms with E-state index in [2.05, 4.69) is 25.7 Å². The molecule has 2 aromatic carbocycles. The molecule has 1 saturated heterocycles. The molecule has 4 aromatic rings. The number of para-hydroxylation sites is 2. The summed E-state index contributed by atoms with van der Waals surface area (Å²) in [6.45, 7) is 14.8. The number of phenols is 1. The Morgan fingerprint density at radius 3 is 2.62 bits per heavy atom. The Morgan fingerprint density at radius 1 is 1.18 bits per heavy atom. The molecule has 6 nitrogen and oxygen atoms in total. The number of nitrogens with zero attached hydrogens (tertiary/aromatic N) is 3. The summed E-state index contributed by atoms with van der Waals surface area (Å²) in [7, 11) is 1.95. The van der Waals surface area contributed by atoms with Crippen LogP contribution in [0.1, 0.15) is 83.6 Å². The first-order valence-electron chi connectivity index (χ1n) is 14.4. The highest BCUT2D eigenvalue weighted by Crippen LogP contribution is 2.53. The normalized spacial score (nSPS) is 22.9. The van der Waals surface area contributed by atoms with Gasteiger partial charge in [-0.05, 0) is 60.3 Å². The molecule has 1 aliphatic heterocycles. The van der Waals surface area contributed by atoms with E-state index in [1.54, 1.807) is 0 Å². The summed E-state index contributed by atoms with van der Waals surface area (Å²) in [6.07, 6.45) is 4.17. The molecule has 2 bridgehead atoms. The summed E-state index contributed by atoms with van der Waals surface area (Å²) in [5, 5.41) is 12.0. The summed E-state index contributed by atoms with van der Waals surface area (Å²) >= 11 is 0. The van der Waals surface area contributed by atoms with Gasteiger partial charge in [0.2, 0.25) is 5.43 Å². The van der Waals surface area contributed by atoms with E-state index < -0.39 is 0 Å². The van der Waals surface area contributed by atoms with Gasteiger partial charge in [-0.3, -0.25) is 9.69 Å². The van der Waals surface area contributed by atoms with E-state index in [1.165, 1.54) is 12.8 Å². The van der Waals surface area contributed by atoms with Crippen molar-refractivity contribution in [1.29, 1.82) is 0 Å². The number of imidazole rings is 1.